The number of rotatable bonds is 7. The van der Waals surface area contributed by atoms with E-state index in [4.69, 9.17) is 9.73 Å². The lowest BCUT2D eigenvalue weighted by molar-refractivity contribution is 0.125. The van der Waals surface area contributed by atoms with E-state index in [-0.39, 0.29) is 0 Å². The predicted molar refractivity (Wildman–Crippen MR) is 116 cm³/mol. The van der Waals surface area contributed by atoms with Gasteiger partial charge in [0, 0.05) is 36.3 Å². The van der Waals surface area contributed by atoms with Gasteiger partial charge in [-0.25, -0.2) is 9.98 Å². The largest absolute Gasteiger partial charge is 0.481 e. The summed E-state index contributed by atoms with van der Waals surface area (Å²) >= 11 is 1.86. The van der Waals surface area contributed by atoms with Crippen molar-refractivity contribution < 1.29 is 4.74 Å². The van der Waals surface area contributed by atoms with Crippen LogP contribution in [-0.2, 0) is 6.54 Å². The van der Waals surface area contributed by atoms with Gasteiger partial charge in [0.1, 0.15) is 0 Å². The number of piperidine rings is 1. The van der Waals surface area contributed by atoms with Gasteiger partial charge in [-0.05, 0) is 62.4 Å². The van der Waals surface area contributed by atoms with E-state index in [1.165, 1.54) is 17.7 Å². The molecule has 1 fully saturated rings. The van der Waals surface area contributed by atoms with E-state index in [9.17, 15) is 0 Å². The Morgan fingerprint density at radius 3 is 3.04 bits per heavy atom. The van der Waals surface area contributed by atoms with Crippen molar-refractivity contribution in [3.05, 3.63) is 46.3 Å². The monoisotopic (exact) mass is 401 g/mol. The Hall–Kier alpha value is -2.12. The van der Waals surface area contributed by atoms with E-state index in [1.54, 1.807) is 13.3 Å². The number of aliphatic imine (C=N–C) groups is 1. The van der Waals surface area contributed by atoms with Crippen LogP contribution in [0.4, 0.5) is 0 Å². The molecule has 2 aromatic rings. The topological polar surface area (TPSA) is 61.8 Å². The molecule has 6 nitrogen and oxygen atoms in total. The van der Waals surface area contributed by atoms with Crippen molar-refractivity contribution in [1.82, 2.24) is 20.5 Å². The number of likely N-dealkylation sites (tertiary alicyclic amines) is 1. The first-order valence-electron chi connectivity index (χ1n) is 9.96. The number of aromatic nitrogens is 1. The second-order valence-electron chi connectivity index (χ2n) is 7.13. The average molecular weight is 402 g/mol. The molecule has 0 radical (unpaired) electrons. The van der Waals surface area contributed by atoms with Gasteiger partial charge >= 0.3 is 0 Å². The third-order valence-corrected chi connectivity index (χ3v) is 6.09. The molecule has 1 saturated heterocycles. The normalized spacial score (nSPS) is 20.8. The Kier molecular flexibility index (Phi) is 7.68. The highest BCUT2D eigenvalue weighted by atomic mass is 32.1. The van der Waals surface area contributed by atoms with Crippen LogP contribution in [0.15, 0.2) is 40.8 Å². The Morgan fingerprint density at radius 2 is 2.29 bits per heavy atom. The molecular formula is C21H31N5OS. The number of ether oxygens (including phenoxy) is 1. The number of guanidine groups is 1. The first-order chi connectivity index (χ1) is 13.7. The molecule has 0 bridgehead atoms. The van der Waals surface area contributed by atoms with E-state index in [0.29, 0.717) is 24.4 Å². The molecule has 7 heteroatoms. The van der Waals surface area contributed by atoms with Gasteiger partial charge in [-0.2, -0.15) is 0 Å². The minimum atomic E-state index is 0.480. The molecule has 2 N–H and O–H groups in total. The first-order valence-corrected chi connectivity index (χ1v) is 10.8. The Labute approximate surface area is 172 Å². The van der Waals surface area contributed by atoms with E-state index in [1.807, 2.05) is 23.5 Å². The zero-order valence-corrected chi connectivity index (χ0v) is 17.8. The molecule has 0 aromatic carbocycles. The molecule has 0 amide bonds. The third-order valence-electron chi connectivity index (χ3n) is 5.15. The summed E-state index contributed by atoms with van der Waals surface area (Å²) in [6.07, 6.45) is 4.24. The Balaban J connectivity index is 1.64. The van der Waals surface area contributed by atoms with E-state index < -0.39 is 0 Å². The maximum Gasteiger partial charge on any atom is 0.213 e. The van der Waals surface area contributed by atoms with Crippen LogP contribution in [0.2, 0.25) is 0 Å². The van der Waals surface area contributed by atoms with Crippen LogP contribution in [0, 0.1) is 5.92 Å². The van der Waals surface area contributed by atoms with Crippen molar-refractivity contribution in [3.8, 4) is 5.88 Å². The lowest BCUT2D eigenvalue weighted by Gasteiger charge is -2.39. The Morgan fingerprint density at radius 1 is 1.39 bits per heavy atom. The van der Waals surface area contributed by atoms with Crippen LogP contribution in [0.1, 0.15) is 36.2 Å². The van der Waals surface area contributed by atoms with E-state index >= 15 is 0 Å². The fraction of sp³-hybridized carbons (Fsp3) is 0.524. The molecule has 1 aliphatic rings. The highest BCUT2D eigenvalue weighted by Crippen LogP contribution is 2.36. The second-order valence-corrected chi connectivity index (χ2v) is 8.10. The molecule has 1 aliphatic heterocycles. The summed E-state index contributed by atoms with van der Waals surface area (Å²) in [6, 6.07) is 8.80. The minimum Gasteiger partial charge on any atom is -0.481 e. The summed E-state index contributed by atoms with van der Waals surface area (Å²) in [5, 5.41) is 9.11. The van der Waals surface area contributed by atoms with Crippen molar-refractivity contribution in [2.75, 3.05) is 33.8 Å². The number of hydrogen-bond acceptors (Lipinski definition) is 5. The highest BCUT2D eigenvalue weighted by Gasteiger charge is 2.31. The zero-order valence-electron chi connectivity index (χ0n) is 17.0. The van der Waals surface area contributed by atoms with Gasteiger partial charge in [-0.3, -0.25) is 4.90 Å². The molecule has 0 aliphatic carbocycles. The number of nitrogens with zero attached hydrogens (tertiary/aromatic N) is 3. The van der Waals surface area contributed by atoms with Gasteiger partial charge in [0.05, 0.1) is 13.7 Å². The van der Waals surface area contributed by atoms with Crippen LogP contribution in [0.25, 0.3) is 0 Å². The van der Waals surface area contributed by atoms with Crippen LogP contribution >= 0.6 is 11.3 Å². The molecule has 0 saturated carbocycles. The van der Waals surface area contributed by atoms with Crippen LogP contribution in [0.3, 0.4) is 0 Å². The van der Waals surface area contributed by atoms with Gasteiger partial charge in [-0.1, -0.05) is 6.07 Å². The van der Waals surface area contributed by atoms with Gasteiger partial charge in [0.15, 0.2) is 5.96 Å². The predicted octanol–water partition coefficient (Wildman–Crippen LogP) is 3.29. The SMILES string of the molecule is CCNC(=NCc1ccnc(OC)c1)NCC1CCCN(C)C1c1cccs1. The average Bonchev–Trinajstić information content (AvgIpc) is 3.24. The molecule has 3 heterocycles. The fourth-order valence-corrected chi connectivity index (χ4v) is 4.77. The van der Waals surface area contributed by atoms with Crippen molar-refractivity contribution in [1.29, 1.82) is 0 Å². The number of pyridine rings is 1. The summed E-state index contributed by atoms with van der Waals surface area (Å²) in [5.41, 5.74) is 1.08. The van der Waals surface area contributed by atoms with Crippen molar-refractivity contribution >= 4 is 17.3 Å². The standard InChI is InChI=1S/C21H31N5OS/c1-4-22-21(24-14-16-9-10-23-19(13-16)27-3)25-15-17-7-5-11-26(2)20(17)18-8-6-12-28-18/h6,8-10,12-13,17,20H,4-5,7,11,14-15H2,1-3H3,(H2,22,24,25). The zero-order chi connectivity index (χ0) is 19.8. The summed E-state index contributed by atoms with van der Waals surface area (Å²) in [7, 11) is 3.87. The van der Waals surface area contributed by atoms with Crippen LogP contribution in [-0.4, -0.2) is 49.6 Å². The fourth-order valence-electron chi connectivity index (χ4n) is 3.78. The first kappa shape index (κ1) is 20.6. The maximum atomic E-state index is 5.20. The summed E-state index contributed by atoms with van der Waals surface area (Å²) < 4.78 is 5.20. The molecule has 2 unspecified atom stereocenters. The third kappa shape index (κ3) is 5.45. The summed E-state index contributed by atoms with van der Waals surface area (Å²) in [6.45, 7) is 5.60. The lowest BCUT2D eigenvalue weighted by Crippen LogP contribution is -2.44. The number of hydrogen-bond donors (Lipinski definition) is 2. The van der Waals surface area contributed by atoms with Crippen molar-refractivity contribution in [2.45, 2.75) is 32.4 Å². The Bertz CT molecular complexity index is 749. The second kappa shape index (κ2) is 10.4. The smallest absolute Gasteiger partial charge is 0.213 e. The number of thiophene rings is 1. The molecule has 28 heavy (non-hydrogen) atoms. The highest BCUT2D eigenvalue weighted by molar-refractivity contribution is 7.10. The molecule has 3 rings (SSSR count). The molecule has 2 atom stereocenters. The maximum absolute atomic E-state index is 5.20. The van der Waals surface area contributed by atoms with Crippen molar-refractivity contribution in [2.24, 2.45) is 10.9 Å². The molecule has 0 spiro atoms. The quantitative estimate of drug-likeness (QED) is 0.551. The number of methoxy groups -OCH3 is 1. The van der Waals surface area contributed by atoms with Gasteiger partial charge in [-0.15, -0.1) is 11.3 Å². The molecular weight excluding hydrogens is 370 g/mol. The van der Waals surface area contributed by atoms with Crippen molar-refractivity contribution in [3.63, 3.8) is 0 Å². The van der Waals surface area contributed by atoms with Crippen LogP contribution in [0.5, 0.6) is 5.88 Å². The van der Waals surface area contributed by atoms with Crippen LogP contribution < -0.4 is 15.4 Å². The van der Waals surface area contributed by atoms with Gasteiger partial charge < -0.3 is 15.4 Å². The lowest BCUT2D eigenvalue weighted by atomic mass is 9.88. The minimum absolute atomic E-state index is 0.480. The summed E-state index contributed by atoms with van der Waals surface area (Å²) in [4.78, 5) is 12.9. The van der Waals surface area contributed by atoms with Gasteiger partial charge in [0.2, 0.25) is 5.88 Å². The molecule has 152 valence electrons. The molecule has 2 aromatic heterocycles. The number of nitrogens with one attached hydrogen (secondary N) is 2. The van der Waals surface area contributed by atoms with Gasteiger partial charge in [0.25, 0.3) is 0 Å². The summed E-state index contributed by atoms with van der Waals surface area (Å²) in [5.74, 6) is 2.05. The van der Waals surface area contributed by atoms with E-state index in [0.717, 1.165) is 31.2 Å². The van der Waals surface area contributed by atoms with E-state index in [2.05, 4.69) is 52.0 Å².